The highest BCUT2D eigenvalue weighted by molar-refractivity contribution is 5.82. The number of aliphatic imine (C=N–C) groups is 1. The van der Waals surface area contributed by atoms with Crippen LogP contribution in [0.3, 0.4) is 0 Å². The molecule has 2 aromatic rings. The van der Waals surface area contributed by atoms with Crippen molar-refractivity contribution in [3.63, 3.8) is 0 Å². The second kappa shape index (κ2) is 14.0. The zero-order valence-corrected chi connectivity index (χ0v) is 17.7. The Morgan fingerprint density at radius 1 is 0.867 bits per heavy atom. The third kappa shape index (κ3) is 9.41. The van der Waals surface area contributed by atoms with E-state index in [0.29, 0.717) is 13.2 Å². The molecule has 0 amide bonds. The van der Waals surface area contributed by atoms with Crippen LogP contribution in [0, 0.1) is 0 Å². The van der Waals surface area contributed by atoms with Gasteiger partial charge in [-0.25, -0.2) is 4.79 Å². The van der Waals surface area contributed by atoms with Crippen LogP contribution in [0.1, 0.15) is 44.6 Å². The van der Waals surface area contributed by atoms with Crippen LogP contribution in [0.4, 0.5) is 5.69 Å². The van der Waals surface area contributed by atoms with Crippen molar-refractivity contribution in [2.45, 2.75) is 39.0 Å². The number of unbranched alkanes of at least 4 members (excludes halogenated alkanes) is 3. The minimum Gasteiger partial charge on any atom is -0.494 e. The lowest BCUT2D eigenvalue weighted by Gasteiger charge is -2.06. The molecule has 0 radical (unpaired) electrons. The molecular weight excluding hydrogens is 378 g/mol. The van der Waals surface area contributed by atoms with Crippen LogP contribution in [-0.4, -0.2) is 32.0 Å². The first-order valence-corrected chi connectivity index (χ1v) is 10.5. The molecule has 160 valence electrons. The third-order valence-electron chi connectivity index (χ3n) is 4.27. The summed E-state index contributed by atoms with van der Waals surface area (Å²) in [6.07, 6.45) is 7.90. The number of nitrogens with zero attached hydrogens (tertiary/aromatic N) is 1. The molecule has 5 nitrogen and oxygen atoms in total. The van der Waals surface area contributed by atoms with Crippen molar-refractivity contribution >= 4 is 17.9 Å². The maximum atomic E-state index is 10.9. The van der Waals surface area contributed by atoms with Gasteiger partial charge < -0.3 is 14.2 Å². The Bertz CT molecular complexity index is 782. The van der Waals surface area contributed by atoms with E-state index in [9.17, 15) is 4.79 Å². The SMILES string of the molecule is C=CC(=O)OCCCCCCOc1ccc(C=Nc2ccc(OCCC)cc2)cc1. The molecule has 0 heterocycles. The highest BCUT2D eigenvalue weighted by Gasteiger charge is 1.98. The van der Waals surface area contributed by atoms with Gasteiger partial charge >= 0.3 is 5.97 Å². The molecule has 0 saturated heterocycles. The van der Waals surface area contributed by atoms with E-state index in [1.165, 1.54) is 6.08 Å². The predicted molar refractivity (Wildman–Crippen MR) is 121 cm³/mol. The van der Waals surface area contributed by atoms with Crippen molar-refractivity contribution in [3.05, 3.63) is 66.7 Å². The lowest BCUT2D eigenvalue weighted by molar-refractivity contribution is -0.137. The number of hydrogen-bond donors (Lipinski definition) is 0. The molecular formula is C25H31NO4. The predicted octanol–water partition coefficient (Wildman–Crippen LogP) is 5.89. The summed E-state index contributed by atoms with van der Waals surface area (Å²) in [5.41, 5.74) is 1.90. The van der Waals surface area contributed by atoms with Crippen molar-refractivity contribution in [2.24, 2.45) is 4.99 Å². The Hall–Kier alpha value is -3.08. The molecule has 0 saturated carbocycles. The Morgan fingerprint density at radius 3 is 2.10 bits per heavy atom. The van der Waals surface area contributed by atoms with E-state index in [1.54, 1.807) is 0 Å². The molecule has 2 rings (SSSR count). The van der Waals surface area contributed by atoms with Gasteiger partial charge in [-0.1, -0.05) is 13.5 Å². The summed E-state index contributed by atoms with van der Waals surface area (Å²) in [7, 11) is 0. The Balaban J connectivity index is 1.64. The number of benzene rings is 2. The van der Waals surface area contributed by atoms with Crippen molar-refractivity contribution in [1.82, 2.24) is 0 Å². The summed E-state index contributed by atoms with van der Waals surface area (Å²) in [5.74, 6) is 1.36. The lowest BCUT2D eigenvalue weighted by Crippen LogP contribution is -2.02. The quantitative estimate of drug-likeness (QED) is 0.169. The van der Waals surface area contributed by atoms with E-state index in [2.05, 4.69) is 18.5 Å². The summed E-state index contributed by atoms with van der Waals surface area (Å²) < 4.78 is 16.3. The Labute approximate surface area is 179 Å². The van der Waals surface area contributed by atoms with E-state index in [1.807, 2.05) is 54.7 Å². The molecule has 0 atom stereocenters. The van der Waals surface area contributed by atoms with Crippen molar-refractivity contribution in [2.75, 3.05) is 19.8 Å². The first kappa shape index (κ1) is 23.2. The van der Waals surface area contributed by atoms with Crippen LogP contribution in [0.2, 0.25) is 0 Å². The Morgan fingerprint density at radius 2 is 1.47 bits per heavy atom. The van der Waals surface area contributed by atoms with Crippen molar-refractivity contribution in [3.8, 4) is 11.5 Å². The first-order valence-electron chi connectivity index (χ1n) is 10.5. The smallest absolute Gasteiger partial charge is 0.330 e. The zero-order valence-electron chi connectivity index (χ0n) is 17.7. The highest BCUT2D eigenvalue weighted by atomic mass is 16.5. The van der Waals surface area contributed by atoms with Crippen molar-refractivity contribution < 1.29 is 19.0 Å². The molecule has 0 aliphatic rings. The average molecular weight is 410 g/mol. The van der Waals surface area contributed by atoms with Gasteiger partial charge in [-0.3, -0.25) is 4.99 Å². The molecule has 0 aliphatic heterocycles. The van der Waals surface area contributed by atoms with E-state index in [4.69, 9.17) is 14.2 Å². The fourth-order valence-corrected chi connectivity index (χ4v) is 2.63. The molecule has 0 aromatic heterocycles. The van der Waals surface area contributed by atoms with Crippen LogP contribution in [0.25, 0.3) is 0 Å². The Kier molecular flexibility index (Phi) is 10.8. The van der Waals surface area contributed by atoms with Gasteiger partial charge in [0.15, 0.2) is 0 Å². The summed E-state index contributed by atoms with van der Waals surface area (Å²) in [6.45, 7) is 7.30. The van der Waals surface area contributed by atoms with Gasteiger partial charge in [0, 0.05) is 12.3 Å². The van der Waals surface area contributed by atoms with Gasteiger partial charge in [0.25, 0.3) is 0 Å². The molecule has 5 heteroatoms. The zero-order chi connectivity index (χ0) is 21.4. The largest absolute Gasteiger partial charge is 0.494 e. The van der Waals surface area contributed by atoms with Gasteiger partial charge in [-0.2, -0.15) is 0 Å². The normalized spacial score (nSPS) is 10.7. The van der Waals surface area contributed by atoms with E-state index in [-0.39, 0.29) is 5.97 Å². The van der Waals surface area contributed by atoms with Gasteiger partial charge in [-0.05, 0) is 86.2 Å². The molecule has 0 aliphatic carbocycles. The maximum Gasteiger partial charge on any atom is 0.330 e. The summed E-state index contributed by atoms with van der Waals surface area (Å²) >= 11 is 0. The molecule has 0 fully saturated rings. The third-order valence-corrected chi connectivity index (χ3v) is 4.27. The minimum atomic E-state index is -0.359. The average Bonchev–Trinajstić information content (AvgIpc) is 2.79. The summed E-state index contributed by atoms with van der Waals surface area (Å²) in [4.78, 5) is 15.4. The second-order valence-electron chi connectivity index (χ2n) is 6.80. The summed E-state index contributed by atoms with van der Waals surface area (Å²) in [5, 5.41) is 0. The molecule has 0 bridgehead atoms. The fourth-order valence-electron chi connectivity index (χ4n) is 2.63. The minimum absolute atomic E-state index is 0.359. The number of ether oxygens (including phenoxy) is 3. The second-order valence-corrected chi connectivity index (χ2v) is 6.80. The number of esters is 1. The van der Waals surface area contributed by atoms with Crippen LogP contribution in [0.15, 0.2) is 66.2 Å². The van der Waals surface area contributed by atoms with Crippen LogP contribution < -0.4 is 9.47 Å². The molecule has 30 heavy (non-hydrogen) atoms. The number of carbonyl (C=O) groups is 1. The first-order chi connectivity index (χ1) is 14.7. The van der Waals surface area contributed by atoms with Gasteiger partial charge in [-0.15, -0.1) is 0 Å². The highest BCUT2D eigenvalue weighted by Crippen LogP contribution is 2.19. The number of hydrogen-bond acceptors (Lipinski definition) is 5. The maximum absolute atomic E-state index is 10.9. The van der Waals surface area contributed by atoms with Crippen LogP contribution in [0.5, 0.6) is 11.5 Å². The van der Waals surface area contributed by atoms with E-state index >= 15 is 0 Å². The van der Waals surface area contributed by atoms with E-state index in [0.717, 1.165) is 61.5 Å². The van der Waals surface area contributed by atoms with Gasteiger partial charge in [0.05, 0.1) is 25.5 Å². The number of carbonyl (C=O) groups excluding carboxylic acids is 1. The lowest BCUT2D eigenvalue weighted by atomic mass is 10.2. The van der Waals surface area contributed by atoms with Crippen LogP contribution >= 0.6 is 0 Å². The molecule has 0 spiro atoms. The molecule has 0 unspecified atom stereocenters. The summed E-state index contributed by atoms with van der Waals surface area (Å²) in [6, 6.07) is 15.7. The molecule has 0 N–H and O–H groups in total. The number of rotatable bonds is 14. The molecule has 2 aromatic carbocycles. The van der Waals surface area contributed by atoms with E-state index < -0.39 is 0 Å². The topological polar surface area (TPSA) is 57.1 Å². The van der Waals surface area contributed by atoms with Gasteiger partial charge in [0.2, 0.25) is 0 Å². The standard InChI is InChI=1S/C25H31NO4/c1-3-17-28-24-15-11-22(12-16-24)26-20-21-9-13-23(14-10-21)29-18-7-5-6-8-19-30-25(27)4-2/h4,9-16,20H,2-3,5-8,17-19H2,1H3. The van der Waals surface area contributed by atoms with Crippen molar-refractivity contribution in [1.29, 1.82) is 0 Å². The van der Waals surface area contributed by atoms with Gasteiger partial charge in [0.1, 0.15) is 11.5 Å². The van der Waals surface area contributed by atoms with Crippen LogP contribution in [-0.2, 0) is 9.53 Å². The monoisotopic (exact) mass is 409 g/mol. The fraction of sp³-hybridized carbons (Fsp3) is 0.360.